The number of nitrogens with one attached hydrogen (secondary N) is 1. The highest BCUT2D eigenvalue weighted by molar-refractivity contribution is 6.02. The van der Waals surface area contributed by atoms with Gasteiger partial charge in [-0.3, -0.25) is 9.59 Å². The van der Waals surface area contributed by atoms with Gasteiger partial charge in [0.2, 0.25) is 5.91 Å². The van der Waals surface area contributed by atoms with Crippen LogP contribution in [0.2, 0.25) is 0 Å². The summed E-state index contributed by atoms with van der Waals surface area (Å²) in [5, 5.41) is 13.6. The third-order valence-electron chi connectivity index (χ3n) is 4.31. The molecule has 136 valence electrons. The number of rotatable bonds is 6. The summed E-state index contributed by atoms with van der Waals surface area (Å²) in [5.74, 6) is -1.40. The molecule has 3 aromatic carbocycles. The van der Waals surface area contributed by atoms with Crippen molar-refractivity contribution in [2.24, 2.45) is 0 Å². The molecule has 0 radical (unpaired) electrons. The number of Topliss-reactive ketones (excluding diaryl/α,β-unsaturated/α-hetero) is 1. The Balaban J connectivity index is 1.59. The summed E-state index contributed by atoms with van der Waals surface area (Å²) in [6.07, 6.45) is 0.169. The lowest BCUT2D eigenvalue weighted by molar-refractivity contribution is -0.116. The van der Waals surface area contributed by atoms with Crippen LogP contribution in [-0.2, 0) is 4.79 Å². The Morgan fingerprint density at radius 2 is 1.44 bits per heavy atom. The monoisotopic (exact) mass is 361 g/mol. The van der Waals surface area contributed by atoms with E-state index in [4.69, 9.17) is 5.11 Å². The molecule has 0 spiro atoms. The van der Waals surface area contributed by atoms with Crippen LogP contribution in [-0.4, -0.2) is 22.8 Å². The number of amides is 1. The topological polar surface area (TPSA) is 83.5 Å². The van der Waals surface area contributed by atoms with E-state index < -0.39 is 5.97 Å². The Hall–Kier alpha value is -3.47. The number of carbonyl (C=O) groups is 3. The summed E-state index contributed by atoms with van der Waals surface area (Å²) in [6, 6.07) is 17.5. The Bertz CT molecular complexity index is 1020. The van der Waals surface area contributed by atoms with E-state index in [2.05, 4.69) is 11.4 Å². The summed E-state index contributed by atoms with van der Waals surface area (Å²) in [6.45, 7) is 2.02. The molecule has 0 saturated heterocycles. The fraction of sp³-hybridized carbons (Fsp3) is 0.136. The molecule has 2 N–H and O–H groups in total. The van der Waals surface area contributed by atoms with Gasteiger partial charge in [-0.1, -0.05) is 35.9 Å². The van der Waals surface area contributed by atoms with Gasteiger partial charge in [0.25, 0.3) is 0 Å². The van der Waals surface area contributed by atoms with Crippen molar-refractivity contribution in [1.29, 1.82) is 0 Å². The summed E-state index contributed by atoms with van der Waals surface area (Å²) in [4.78, 5) is 35.2. The fourth-order valence-electron chi connectivity index (χ4n) is 2.83. The molecule has 1 amide bonds. The minimum atomic E-state index is -1.02. The first-order chi connectivity index (χ1) is 12.9. The molecule has 0 heterocycles. The molecule has 3 aromatic rings. The number of benzene rings is 3. The molecule has 3 rings (SSSR count). The Kier molecular flexibility index (Phi) is 5.31. The van der Waals surface area contributed by atoms with Gasteiger partial charge in [-0.2, -0.15) is 0 Å². The molecule has 0 aliphatic carbocycles. The van der Waals surface area contributed by atoms with Gasteiger partial charge in [-0.05, 0) is 48.0 Å². The second-order valence-corrected chi connectivity index (χ2v) is 6.42. The number of hydrogen-bond acceptors (Lipinski definition) is 3. The lowest BCUT2D eigenvalue weighted by Crippen LogP contribution is -2.13. The highest BCUT2D eigenvalue weighted by Crippen LogP contribution is 2.19. The van der Waals surface area contributed by atoms with E-state index in [1.54, 1.807) is 6.07 Å². The number of ketones is 1. The maximum atomic E-state index is 12.4. The number of anilines is 1. The highest BCUT2D eigenvalue weighted by atomic mass is 16.4. The molecule has 0 bridgehead atoms. The number of carbonyl (C=O) groups excluding carboxylic acids is 2. The Labute approximate surface area is 156 Å². The van der Waals surface area contributed by atoms with E-state index in [-0.39, 0.29) is 30.1 Å². The predicted molar refractivity (Wildman–Crippen MR) is 104 cm³/mol. The van der Waals surface area contributed by atoms with Crippen molar-refractivity contribution >= 4 is 34.1 Å². The first kappa shape index (κ1) is 18.3. The van der Waals surface area contributed by atoms with Gasteiger partial charge in [0.15, 0.2) is 5.78 Å². The van der Waals surface area contributed by atoms with E-state index in [0.29, 0.717) is 11.3 Å². The largest absolute Gasteiger partial charge is 0.478 e. The summed E-state index contributed by atoms with van der Waals surface area (Å²) in [5.41, 5.74) is 2.40. The number of aryl methyl sites for hydroxylation is 1. The van der Waals surface area contributed by atoms with Crippen molar-refractivity contribution in [3.8, 4) is 0 Å². The minimum Gasteiger partial charge on any atom is -0.478 e. The zero-order valence-corrected chi connectivity index (χ0v) is 14.9. The number of hydrogen-bond donors (Lipinski definition) is 2. The predicted octanol–water partition coefficient (Wildman–Crippen LogP) is 4.45. The average molecular weight is 361 g/mol. The van der Waals surface area contributed by atoms with E-state index in [1.807, 2.05) is 31.2 Å². The zero-order chi connectivity index (χ0) is 19.4. The molecule has 0 aliphatic rings. The minimum absolute atomic E-state index is 0.0610. The van der Waals surface area contributed by atoms with Crippen molar-refractivity contribution in [2.45, 2.75) is 19.8 Å². The standard InChI is InChI=1S/C22H19NO4/c1-14-2-3-17-13-18(5-4-16(17)12-14)20(24)10-11-21(25)23-19-8-6-15(7-9-19)22(26)27/h2-9,12-13H,10-11H2,1H3,(H,23,25)(H,26,27). The van der Waals surface area contributed by atoms with Crippen molar-refractivity contribution in [2.75, 3.05) is 5.32 Å². The van der Waals surface area contributed by atoms with E-state index in [0.717, 1.165) is 16.3 Å². The maximum Gasteiger partial charge on any atom is 0.335 e. The van der Waals surface area contributed by atoms with Gasteiger partial charge < -0.3 is 10.4 Å². The lowest BCUT2D eigenvalue weighted by atomic mass is 10.0. The second kappa shape index (κ2) is 7.83. The average Bonchev–Trinajstić information content (AvgIpc) is 2.66. The van der Waals surface area contributed by atoms with E-state index in [1.165, 1.54) is 24.3 Å². The number of aromatic carboxylic acids is 1. The fourth-order valence-corrected chi connectivity index (χ4v) is 2.83. The number of carboxylic acids is 1. The molecular weight excluding hydrogens is 342 g/mol. The van der Waals surface area contributed by atoms with Crippen molar-refractivity contribution in [1.82, 2.24) is 0 Å². The molecule has 0 fully saturated rings. The van der Waals surface area contributed by atoms with Crippen LogP contribution in [0.15, 0.2) is 60.7 Å². The molecule has 0 aromatic heterocycles. The Morgan fingerprint density at radius 3 is 2.15 bits per heavy atom. The number of carboxylic acid groups (broad SMARTS) is 1. The van der Waals surface area contributed by atoms with Crippen LogP contribution in [0.1, 0.15) is 39.1 Å². The first-order valence-corrected chi connectivity index (χ1v) is 8.59. The van der Waals surface area contributed by atoms with E-state index in [9.17, 15) is 14.4 Å². The maximum absolute atomic E-state index is 12.4. The SMILES string of the molecule is Cc1ccc2cc(C(=O)CCC(=O)Nc3ccc(C(=O)O)cc3)ccc2c1. The molecule has 5 heteroatoms. The van der Waals surface area contributed by atoms with Gasteiger partial charge >= 0.3 is 5.97 Å². The van der Waals surface area contributed by atoms with Crippen LogP contribution in [0.3, 0.4) is 0 Å². The van der Waals surface area contributed by atoms with Crippen molar-refractivity contribution < 1.29 is 19.5 Å². The number of fused-ring (bicyclic) bond motifs is 1. The van der Waals surface area contributed by atoms with Gasteiger partial charge in [0, 0.05) is 24.1 Å². The van der Waals surface area contributed by atoms with Crippen LogP contribution < -0.4 is 5.32 Å². The summed E-state index contributed by atoms with van der Waals surface area (Å²) in [7, 11) is 0. The zero-order valence-electron chi connectivity index (χ0n) is 14.9. The smallest absolute Gasteiger partial charge is 0.335 e. The molecule has 27 heavy (non-hydrogen) atoms. The molecule has 0 aliphatic heterocycles. The van der Waals surface area contributed by atoms with E-state index >= 15 is 0 Å². The Morgan fingerprint density at radius 1 is 0.815 bits per heavy atom. The van der Waals surface area contributed by atoms with Gasteiger partial charge in [-0.25, -0.2) is 4.79 Å². The molecule has 0 unspecified atom stereocenters. The summed E-state index contributed by atoms with van der Waals surface area (Å²) >= 11 is 0. The highest BCUT2D eigenvalue weighted by Gasteiger charge is 2.11. The van der Waals surface area contributed by atoms with Crippen LogP contribution in [0.4, 0.5) is 5.69 Å². The van der Waals surface area contributed by atoms with Gasteiger partial charge in [0.1, 0.15) is 0 Å². The third kappa shape index (κ3) is 4.58. The van der Waals surface area contributed by atoms with Crippen LogP contribution in [0.5, 0.6) is 0 Å². The van der Waals surface area contributed by atoms with Crippen LogP contribution in [0, 0.1) is 6.92 Å². The first-order valence-electron chi connectivity index (χ1n) is 8.59. The van der Waals surface area contributed by atoms with Gasteiger partial charge in [-0.15, -0.1) is 0 Å². The van der Waals surface area contributed by atoms with Gasteiger partial charge in [0.05, 0.1) is 5.56 Å². The van der Waals surface area contributed by atoms with Crippen LogP contribution >= 0.6 is 0 Å². The quantitative estimate of drug-likeness (QED) is 0.636. The molecule has 5 nitrogen and oxygen atoms in total. The van der Waals surface area contributed by atoms with Crippen LogP contribution in [0.25, 0.3) is 10.8 Å². The molecular formula is C22H19NO4. The molecule has 0 saturated carbocycles. The van der Waals surface area contributed by atoms with Crippen molar-refractivity contribution in [3.63, 3.8) is 0 Å². The lowest BCUT2D eigenvalue weighted by Gasteiger charge is -2.06. The van der Waals surface area contributed by atoms with Crippen molar-refractivity contribution in [3.05, 3.63) is 77.4 Å². The third-order valence-corrected chi connectivity index (χ3v) is 4.31. The second-order valence-electron chi connectivity index (χ2n) is 6.42. The normalized spacial score (nSPS) is 10.6. The molecule has 0 atom stereocenters. The summed E-state index contributed by atoms with van der Waals surface area (Å²) < 4.78 is 0.